The molecule has 1 aliphatic heterocycles. The van der Waals surface area contributed by atoms with Crippen molar-refractivity contribution in [2.45, 2.75) is 12.5 Å². The van der Waals surface area contributed by atoms with Crippen LogP contribution in [0.25, 0.3) is 0 Å². The largest absolute Gasteiger partial charge is 0.497 e. The number of aromatic nitrogens is 1. The van der Waals surface area contributed by atoms with Gasteiger partial charge >= 0.3 is 0 Å². The van der Waals surface area contributed by atoms with Crippen LogP contribution in [0.2, 0.25) is 0 Å². The van der Waals surface area contributed by atoms with Gasteiger partial charge in [0.25, 0.3) is 5.91 Å². The summed E-state index contributed by atoms with van der Waals surface area (Å²) in [5.41, 5.74) is 2.13. The molecule has 0 aliphatic carbocycles. The maximum Gasteiger partial charge on any atom is 0.253 e. The second-order valence-electron chi connectivity index (χ2n) is 8.30. The van der Waals surface area contributed by atoms with Crippen molar-refractivity contribution in [3.8, 4) is 17.2 Å². The average Bonchev–Trinajstić information content (AvgIpc) is 3.37. The van der Waals surface area contributed by atoms with Gasteiger partial charge in [0.2, 0.25) is 5.91 Å². The number of benzene rings is 2. The first-order chi connectivity index (χ1) is 17.0. The fourth-order valence-electron chi connectivity index (χ4n) is 4.41. The number of nitrogens with zero attached hydrogens (tertiary/aromatic N) is 2. The molecule has 35 heavy (non-hydrogen) atoms. The molecule has 8 heteroatoms. The van der Waals surface area contributed by atoms with Gasteiger partial charge in [-0.2, -0.15) is 0 Å². The van der Waals surface area contributed by atoms with Crippen LogP contribution in [0.4, 0.5) is 0 Å². The van der Waals surface area contributed by atoms with Gasteiger partial charge in [-0.05, 0) is 54.6 Å². The normalized spacial score (nSPS) is 17.1. The Balaban J connectivity index is 1.61. The van der Waals surface area contributed by atoms with Crippen LogP contribution in [0, 0.1) is 5.92 Å². The van der Waals surface area contributed by atoms with E-state index in [0.29, 0.717) is 35.9 Å². The number of rotatable bonds is 8. The van der Waals surface area contributed by atoms with Crippen molar-refractivity contribution in [2.24, 2.45) is 5.92 Å². The molecule has 1 aliphatic rings. The monoisotopic (exact) mass is 475 g/mol. The van der Waals surface area contributed by atoms with E-state index >= 15 is 0 Å². The van der Waals surface area contributed by atoms with Gasteiger partial charge in [-0.3, -0.25) is 14.6 Å². The molecule has 0 bridgehead atoms. The van der Waals surface area contributed by atoms with Crippen molar-refractivity contribution in [1.29, 1.82) is 0 Å². The first-order valence-corrected chi connectivity index (χ1v) is 11.4. The van der Waals surface area contributed by atoms with Crippen LogP contribution in [-0.2, 0) is 11.3 Å². The smallest absolute Gasteiger partial charge is 0.253 e. The maximum atomic E-state index is 13.4. The SMILES string of the molecule is COc1ccc(C(=O)N2C[C@H](C(=O)NCc3ccccn3)[C@@H](c3cc(OC)ccc3OC)C2)cc1. The molecule has 0 unspecified atom stereocenters. The highest BCUT2D eigenvalue weighted by Gasteiger charge is 2.42. The van der Waals surface area contributed by atoms with E-state index in [4.69, 9.17) is 14.2 Å². The minimum absolute atomic E-state index is 0.139. The van der Waals surface area contributed by atoms with Crippen molar-refractivity contribution in [2.75, 3.05) is 34.4 Å². The number of methoxy groups -OCH3 is 3. The quantitative estimate of drug-likeness (QED) is 0.538. The number of carbonyl (C=O) groups excluding carboxylic acids is 2. The molecule has 1 N–H and O–H groups in total. The Morgan fingerprint density at radius 3 is 2.34 bits per heavy atom. The zero-order valence-electron chi connectivity index (χ0n) is 20.1. The van der Waals surface area contributed by atoms with E-state index in [1.165, 1.54) is 0 Å². The molecular weight excluding hydrogens is 446 g/mol. The van der Waals surface area contributed by atoms with Gasteiger partial charge in [-0.15, -0.1) is 0 Å². The van der Waals surface area contributed by atoms with E-state index in [0.717, 1.165) is 11.3 Å². The van der Waals surface area contributed by atoms with E-state index in [2.05, 4.69) is 10.3 Å². The Labute approximate surface area is 204 Å². The summed E-state index contributed by atoms with van der Waals surface area (Å²) < 4.78 is 16.2. The molecule has 4 rings (SSSR count). The van der Waals surface area contributed by atoms with Gasteiger partial charge in [0.05, 0.1) is 39.5 Å². The number of ether oxygens (including phenoxy) is 3. The maximum absolute atomic E-state index is 13.4. The molecule has 0 saturated carbocycles. The zero-order chi connectivity index (χ0) is 24.8. The predicted octanol–water partition coefficient (Wildman–Crippen LogP) is 3.28. The van der Waals surface area contributed by atoms with Crippen LogP contribution in [0.5, 0.6) is 17.2 Å². The summed E-state index contributed by atoms with van der Waals surface area (Å²) >= 11 is 0. The number of hydrogen-bond acceptors (Lipinski definition) is 6. The van der Waals surface area contributed by atoms with Crippen LogP contribution in [0.1, 0.15) is 27.5 Å². The summed E-state index contributed by atoms with van der Waals surface area (Å²) in [6.07, 6.45) is 1.69. The fraction of sp³-hybridized carbons (Fsp3) is 0.296. The van der Waals surface area contributed by atoms with Gasteiger partial charge in [0.1, 0.15) is 17.2 Å². The van der Waals surface area contributed by atoms with Gasteiger partial charge in [-0.1, -0.05) is 6.07 Å². The summed E-state index contributed by atoms with van der Waals surface area (Å²) in [5, 5.41) is 2.99. The number of hydrogen-bond donors (Lipinski definition) is 1. The molecule has 2 amide bonds. The molecule has 0 spiro atoms. The van der Waals surface area contributed by atoms with Crippen LogP contribution in [-0.4, -0.2) is 56.1 Å². The predicted molar refractivity (Wildman–Crippen MR) is 131 cm³/mol. The number of nitrogens with one attached hydrogen (secondary N) is 1. The lowest BCUT2D eigenvalue weighted by molar-refractivity contribution is -0.125. The van der Waals surface area contributed by atoms with Gasteiger partial charge in [0, 0.05) is 36.3 Å². The topological polar surface area (TPSA) is 90.0 Å². The highest BCUT2D eigenvalue weighted by atomic mass is 16.5. The third kappa shape index (κ3) is 5.37. The summed E-state index contributed by atoms with van der Waals surface area (Å²) in [6, 6.07) is 18.1. The third-order valence-corrected chi connectivity index (χ3v) is 6.29. The van der Waals surface area contributed by atoms with Crippen LogP contribution in [0.15, 0.2) is 66.9 Å². The summed E-state index contributed by atoms with van der Waals surface area (Å²) in [7, 11) is 4.77. The Bertz CT molecular complexity index is 1170. The molecule has 3 aromatic rings. The summed E-state index contributed by atoms with van der Waals surface area (Å²) in [5.74, 6) is 0.960. The van der Waals surface area contributed by atoms with Crippen molar-refractivity contribution in [3.05, 3.63) is 83.7 Å². The second kappa shape index (κ2) is 10.9. The number of carbonyl (C=O) groups is 2. The highest BCUT2D eigenvalue weighted by molar-refractivity contribution is 5.95. The minimum atomic E-state index is -0.470. The summed E-state index contributed by atoms with van der Waals surface area (Å²) in [4.78, 5) is 32.7. The Morgan fingerprint density at radius 2 is 1.69 bits per heavy atom. The highest BCUT2D eigenvalue weighted by Crippen LogP contribution is 2.40. The van der Waals surface area contributed by atoms with Crippen molar-refractivity contribution in [3.63, 3.8) is 0 Å². The van der Waals surface area contributed by atoms with Crippen LogP contribution >= 0.6 is 0 Å². The first-order valence-electron chi connectivity index (χ1n) is 11.4. The Morgan fingerprint density at radius 1 is 0.943 bits per heavy atom. The van der Waals surface area contributed by atoms with Crippen molar-refractivity contribution < 1.29 is 23.8 Å². The molecule has 0 radical (unpaired) electrons. The molecule has 1 saturated heterocycles. The molecule has 1 aromatic heterocycles. The van der Waals surface area contributed by atoms with E-state index in [1.807, 2.05) is 36.4 Å². The molecule has 2 atom stereocenters. The Kier molecular flexibility index (Phi) is 7.50. The van der Waals surface area contributed by atoms with E-state index < -0.39 is 5.92 Å². The van der Waals surface area contributed by atoms with E-state index in [-0.39, 0.29) is 24.3 Å². The molecular formula is C27H29N3O5. The molecule has 2 heterocycles. The molecule has 182 valence electrons. The first kappa shape index (κ1) is 24.1. The third-order valence-electron chi connectivity index (χ3n) is 6.29. The van der Waals surface area contributed by atoms with Gasteiger partial charge in [0.15, 0.2) is 0 Å². The lowest BCUT2D eigenvalue weighted by Gasteiger charge is -2.21. The second-order valence-corrected chi connectivity index (χ2v) is 8.30. The van der Waals surface area contributed by atoms with E-state index in [1.54, 1.807) is 56.7 Å². The lowest BCUT2D eigenvalue weighted by Crippen LogP contribution is -2.35. The van der Waals surface area contributed by atoms with Gasteiger partial charge < -0.3 is 24.4 Å². The number of likely N-dealkylation sites (tertiary alicyclic amines) is 1. The minimum Gasteiger partial charge on any atom is -0.497 e. The van der Waals surface area contributed by atoms with Crippen LogP contribution in [0.3, 0.4) is 0 Å². The molecule has 1 fully saturated rings. The van der Waals surface area contributed by atoms with Crippen molar-refractivity contribution in [1.82, 2.24) is 15.2 Å². The number of amides is 2. The van der Waals surface area contributed by atoms with E-state index in [9.17, 15) is 9.59 Å². The lowest BCUT2D eigenvalue weighted by atomic mass is 9.87. The fourth-order valence-corrected chi connectivity index (χ4v) is 4.41. The molecule has 8 nitrogen and oxygen atoms in total. The average molecular weight is 476 g/mol. The van der Waals surface area contributed by atoms with Gasteiger partial charge in [-0.25, -0.2) is 0 Å². The summed E-state index contributed by atoms with van der Waals surface area (Å²) in [6.45, 7) is 0.963. The number of pyridine rings is 1. The Hall–Kier alpha value is -4.07. The standard InChI is InChI=1S/C27H29N3O5/c1-33-20-9-7-18(8-10-20)27(32)30-16-23(22-14-21(34-2)11-12-25(22)35-3)24(17-30)26(31)29-15-19-6-4-5-13-28-19/h4-14,23-24H,15-17H2,1-3H3,(H,29,31)/t23-,24+/m1/s1. The van der Waals surface area contributed by atoms with Crippen LogP contribution < -0.4 is 19.5 Å². The van der Waals surface area contributed by atoms with Crippen molar-refractivity contribution >= 4 is 11.8 Å². The zero-order valence-corrected chi connectivity index (χ0v) is 20.1. The molecule has 2 aromatic carbocycles.